The molecule has 1 amide bonds. The summed E-state index contributed by atoms with van der Waals surface area (Å²) in [5, 5.41) is 10.7. The van der Waals surface area contributed by atoms with Gasteiger partial charge in [0.2, 0.25) is 5.91 Å². The van der Waals surface area contributed by atoms with Gasteiger partial charge in [0.25, 0.3) is 5.95 Å². The number of aromatic nitrogens is 5. The second-order valence-corrected chi connectivity index (χ2v) is 5.07. The van der Waals surface area contributed by atoms with Gasteiger partial charge in [-0.05, 0) is 26.3 Å². The van der Waals surface area contributed by atoms with Crippen LogP contribution in [0.25, 0.3) is 5.95 Å². The first-order valence-corrected chi connectivity index (χ1v) is 7.17. The van der Waals surface area contributed by atoms with Gasteiger partial charge < -0.3 is 9.84 Å². The van der Waals surface area contributed by atoms with Crippen LogP contribution >= 0.6 is 0 Å². The molecular weight excluding hydrogens is 296 g/mol. The van der Waals surface area contributed by atoms with E-state index in [2.05, 4.69) is 25.5 Å². The summed E-state index contributed by atoms with van der Waals surface area (Å²) in [6.45, 7) is 3.71. The third-order valence-electron chi connectivity index (χ3n) is 3.41. The maximum absolute atomic E-state index is 12.0. The van der Waals surface area contributed by atoms with Crippen molar-refractivity contribution in [2.24, 2.45) is 0 Å². The summed E-state index contributed by atoms with van der Waals surface area (Å²) < 4.78 is 6.63. The van der Waals surface area contributed by atoms with Crippen LogP contribution in [0.3, 0.4) is 0 Å². The monoisotopic (exact) mass is 312 g/mol. The second kappa shape index (κ2) is 6.39. The highest BCUT2D eigenvalue weighted by atomic mass is 16.5. The molecule has 0 bridgehead atoms. The molecule has 0 aliphatic carbocycles. The Labute approximate surface area is 132 Å². The smallest absolute Gasteiger partial charge is 0.250 e. The number of aryl methyl sites for hydroxylation is 2. The Morgan fingerprint density at radius 3 is 2.70 bits per heavy atom. The van der Waals surface area contributed by atoms with Crippen LogP contribution in [-0.2, 0) is 11.2 Å². The third-order valence-corrected chi connectivity index (χ3v) is 3.41. The van der Waals surface area contributed by atoms with Crippen molar-refractivity contribution in [1.29, 1.82) is 0 Å². The largest absolute Gasteiger partial charge is 0.361 e. The van der Waals surface area contributed by atoms with E-state index in [9.17, 15) is 4.79 Å². The summed E-state index contributed by atoms with van der Waals surface area (Å²) in [5.41, 5.74) is 2.34. The molecule has 0 spiro atoms. The van der Waals surface area contributed by atoms with Crippen molar-refractivity contribution >= 4 is 11.6 Å². The van der Waals surface area contributed by atoms with Gasteiger partial charge in [-0.15, -0.1) is 0 Å². The number of hydrogen-bond donors (Lipinski definition) is 1. The molecule has 0 aromatic carbocycles. The summed E-state index contributed by atoms with van der Waals surface area (Å²) >= 11 is 0. The molecule has 118 valence electrons. The molecule has 1 N–H and O–H groups in total. The minimum atomic E-state index is -0.111. The Morgan fingerprint density at radius 1 is 1.30 bits per heavy atom. The van der Waals surface area contributed by atoms with Gasteiger partial charge in [0.1, 0.15) is 5.76 Å². The summed E-state index contributed by atoms with van der Waals surface area (Å²) in [5.74, 6) is 1.09. The summed E-state index contributed by atoms with van der Waals surface area (Å²) in [6, 6.07) is 1.79. The number of hydrogen-bond acceptors (Lipinski definition) is 6. The molecular formula is C15H16N6O2. The first kappa shape index (κ1) is 14.9. The maximum Gasteiger partial charge on any atom is 0.250 e. The van der Waals surface area contributed by atoms with E-state index >= 15 is 0 Å². The second-order valence-electron chi connectivity index (χ2n) is 5.07. The van der Waals surface area contributed by atoms with Crippen molar-refractivity contribution in [2.75, 3.05) is 5.32 Å². The molecule has 0 aliphatic rings. The van der Waals surface area contributed by atoms with Crippen molar-refractivity contribution in [3.8, 4) is 5.95 Å². The third kappa shape index (κ3) is 3.42. The average Bonchev–Trinajstić information content (AvgIpc) is 3.17. The van der Waals surface area contributed by atoms with E-state index < -0.39 is 0 Å². The van der Waals surface area contributed by atoms with Crippen LogP contribution < -0.4 is 5.32 Å². The van der Waals surface area contributed by atoms with Crippen molar-refractivity contribution < 1.29 is 9.32 Å². The Bertz CT molecular complexity index is 772. The number of rotatable bonds is 5. The lowest BCUT2D eigenvalue weighted by Gasteiger charge is -2.05. The first-order chi connectivity index (χ1) is 11.1. The lowest BCUT2D eigenvalue weighted by molar-refractivity contribution is -0.116. The highest BCUT2D eigenvalue weighted by Gasteiger charge is 2.11. The van der Waals surface area contributed by atoms with Crippen molar-refractivity contribution in [3.63, 3.8) is 0 Å². The van der Waals surface area contributed by atoms with Crippen LogP contribution in [0, 0.1) is 13.8 Å². The first-order valence-electron chi connectivity index (χ1n) is 7.17. The summed E-state index contributed by atoms with van der Waals surface area (Å²) in [6.07, 6.45) is 7.42. The van der Waals surface area contributed by atoms with E-state index in [0.717, 1.165) is 17.0 Å². The van der Waals surface area contributed by atoms with E-state index in [1.165, 1.54) is 0 Å². The highest BCUT2D eigenvalue weighted by Crippen LogP contribution is 2.15. The Balaban J connectivity index is 1.58. The summed E-state index contributed by atoms with van der Waals surface area (Å²) in [4.78, 5) is 20.3. The van der Waals surface area contributed by atoms with Gasteiger partial charge in [-0.3, -0.25) is 4.79 Å². The number of amides is 1. The zero-order chi connectivity index (χ0) is 16.2. The standard InChI is InChI=1S/C15H16N6O2/c1-10-13(11(2)23-20-10)4-5-14(22)19-12-8-16-15(17-9-12)21-7-3-6-18-21/h3,6-9H,4-5H2,1-2H3,(H,19,22). The van der Waals surface area contributed by atoms with Crippen LogP contribution in [0.4, 0.5) is 5.69 Å². The number of anilines is 1. The molecule has 0 atom stereocenters. The van der Waals surface area contributed by atoms with E-state index in [-0.39, 0.29) is 5.91 Å². The zero-order valence-electron chi connectivity index (χ0n) is 12.9. The molecule has 0 unspecified atom stereocenters. The molecule has 0 fully saturated rings. The molecule has 23 heavy (non-hydrogen) atoms. The fraction of sp³-hybridized carbons (Fsp3) is 0.267. The Hall–Kier alpha value is -3.03. The normalized spacial score (nSPS) is 10.7. The number of carbonyl (C=O) groups is 1. The molecule has 0 aliphatic heterocycles. The molecule has 3 heterocycles. The molecule has 3 aromatic rings. The molecule has 0 saturated carbocycles. The van der Waals surface area contributed by atoms with Gasteiger partial charge in [-0.2, -0.15) is 5.10 Å². The fourth-order valence-corrected chi connectivity index (χ4v) is 2.21. The molecule has 8 nitrogen and oxygen atoms in total. The summed E-state index contributed by atoms with van der Waals surface area (Å²) in [7, 11) is 0. The number of nitrogens with one attached hydrogen (secondary N) is 1. The van der Waals surface area contributed by atoms with Gasteiger partial charge in [-0.25, -0.2) is 14.6 Å². The lowest BCUT2D eigenvalue weighted by Crippen LogP contribution is -2.13. The quantitative estimate of drug-likeness (QED) is 0.771. The van der Waals surface area contributed by atoms with Crippen molar-refractivity contribution in [3.05, 3.63) is 47.9 Å². The maximum atomic E-state index is 12.0. The average molecular weight is 312 g/mol. The molecule has 3 aromatic heterocycles. The molecule has 3 rings (SSSR count). The van der Waals surface area contributed by atoms with Gasteiger partial charge >= 0.3 is 0 Å². The minimum Gasteiger partial charge on any atom is -0.361 e. The van der Waals surface area contributed by atoms with Gasteiger partial charge in [0, 0.05) is 24.4 Å². The van der Waals surface area contributed by atoms with Crippen LogP contribution in [-0.4, -0.2) is 30.8 Å². The SMILES string of the molecule is Cc1noc(C)c1CCC(=O)Nc1cnc(-n2cccn2)nc1. The van der Waals surface area contributed by atoms with Crippen LogP contribution in [0.2, 0.25) is 0 Å². The predicted molar refractivity (Wildman–Crippen MR) is 82.1 cm³/mol. The van der Waals surface area contributed by atoms with E-state index in [0.29, 0.717) is 24.5 Å². The highest BCUT2D eigenvalue weighted by molar-refractivity contribution is 5.90. The Kier molecular flexibility index (Phi) is 4.13. The van der Waals surface area contributed by atoms with E-state index in [1.54, 1.807) is 35.5 Å². The molecule has 8 heteroatoms. The van der Waals surface area contributed by atoms with Crippen molar-refractivity contribution in [1.82, 2.24) is 24.9 Å². The lowest BCUT2D eigenvalue weighted by atomic mass is 10.1. The van der Waals surface area contributed by atoms with Gasteiger partial charge in [-0.1, -0.05) is 5.16 Å². The fourth-order valence-electron chi connectivity index (χ4n) is 2.21. The Morgan fingerprint density at radius 2 is 2.09 bits per heavy atom. The molecule has 0 saturated heterocycles. The minimum absolute atomic E-state index is 0.111. The van der Waals surface area contributed by atoms with Crippen LogP contribution in [0.5, 0.6) is 0 Å². The van der Waals surface area contributed by atoms with Gasteiger partial charge in [0.05, 0.1) is 23.8 Å². The number of carbonyl (C=O) groups excluding carboxylic acids is 1. The predicted octanol–water partition coefficient (Wildman–Crippen LogP) is 1.84. The molecule has 0 radical (unpaired) electrons. The van der Waals surface area contributed by atoms with Crippen LogP contribution in [0.1, 0.15) is 23.4 Å². The van der Waals surface area contributed by atoms with E-state index in [4.69, 9.17) is 4.52 Å². The van der Waals surface area contributed by atoms with Crippen LogP contribution in [0.15, 0.2) is 35.4 Å². The van der Waals surface area contributed by atoms with Gasteiger partial charge in [0.15, 0.2) is 0 Å². The zero-order valence-corrected chi connectivity index (χ0v) is 12.9. The van der Waals surface area contributed by atoms with E-state index in [1.807, 2.05) is 13.8 Å². The van der Waals surface area contributed by atoms with Crippen molar-refractivity contribution in [2.45, 2.75) is 26.7 Å². The number of nitrogens with zero attached hydrogens (tertiary/aromatic N) is 5. The topological polar surface area (TPSA) is 98.7 Å².